The molecule has 0 atom stereocenters. The summed E-state index contributed by atoms with van der Waals surface area (Å²) in [4.78, 5) is 0. The van der Waals surface area contributed by atoms with Crippen molar-refractivity contribution in [3.05, 3.63) is 146 Å². The fourth-order valence-electron chi connectivity index (χ4n) is 8.14. The summed E-state index contributed by atoms with van der Waals surface area (Å²) < 4.78 is 50.0. The highest BCUT2D eigenvalue weighted by molar-refractivity contribution is 5.60. The molecule has 0 unspecified atom stereocenters. The molecule has 0 heterocycles. The fraction of sp³-hybridized carbons (Fsp3) is 0.360. The van der Waals surface area contributed by atoms with Crippen LogP contribution in [0.5, 0.6) is 46.0 Å². The van der Waals surface area contributed by atoms with Gasteiger partial charge in [-0.15, -0.1) is 0 Å². The highest BCUT2D eigenvalue weighted by Crippen LogP contribution is 2.60. The summed E-state index contributed by atoms with van der Waals surface area (Å²) in [6, 6.07) is 24.7. The highest BCUT2D eigenvalue weighted by atomic mass is 16.5. The molecule has 308 valence electrons. The summed E-state index contributed by atoms with van der Waals surface area (Å²) in [5.74, 6) is 5.92. The zero-order chi connectivity index (χ0) is 41.4. The molecule has 0 saturated heterocycles. The third kappa shape index (κ3) is 9.67. The molecule has 1 aliphatic rings. The first kappa shape index (κ1) is 43.4. The van der Waals surface area contributed by atoms with Crippen molar-refractivity contribution < 1.29 is 37.9 Å². The maximum Gasteiger partial charge on any atom is 0.127 e. The van der Waals surface area contributed by atoms with Gasteiger partial charge in [0.05, 0.1) is 26.4 Å². The molecule has 0 N–H and O–H groups in total. The van der Waals surface area contributed by atoms with E-state index in [1.54, 1.807) is 24.3 Å². The van der Waals surface area contributed by atoms with Gasteiger partial charge in [0, 0.05) is 57.3 Å². The van der Waals surface area contributed by atoms with Crippen LogP contribution >= 0.6 is 0 Å². The summed E-state index contributed by atoms with van der Waals surface area (Å²) >= 11 is 0. The Morgan fingerprint density at radius 1 is 0.379 bits per heavy atom. The first-order chi connectivity index (χ1) is 28.4. The molecule has 1 aliphatic carbocycles. The van der Waals surface area contributed by atoms with Gasteiger partial charge in [-0.3, -0.25) is 0 Å². The number of ether oxygens (including phenoxy) is 8. The molecule has 4 aromatic rings. The van der Waals surface area contributed by atoms with E-state index in [1.807, 2.05) is 76.2 Å². The molecule has 8 nitrogen and oxygen atoms in total. The van der Waals surface area contributed by atoms with Gasteiger partial charge in [-0.1, -0.05) is 74.9 Å². The minimum Gasteiger partial charge on any atom is -0.493 e. The second-order valence-electron chi connectivity index (χ2n) is 13.9. The predicted octanol–water partition coefficient (Wildman–Crippen LogP) is 11.4. The normalized spacial score (nSPS) is 14.0. The number of hydrogen-bond acceptors (Lipinski definition) is 8. The van der Waals surface area contributed by atoms with Crippen LogP contribution in [0.15, 0.2) is 123 Å². The molecule has 8 heteroatoms. The van der Waals surface area contributed by atoms with Crippen LogP contribution in [-0.2, 0) is 10.8 Å². The number of benzene rings is 4. The van der Waals surface area contributed by atoms with Crippen molar-refractivity contribution in [1.29, 1.82) is 0 Å². The van der Waals surface area contributed by atoms with E-state index in [4.69, 9.17) is 37.9 Å². The summed E-state index contributed by atoms with van der Waals surface area (Å²) in [5.41, 5.74) is 3.14. The second-order valence-corrected chi connectivity index (χ2v) is 13.9. The Labute approximate surface area is 345 Å². The number of rotatable bonds is 24. The van der Waals surface area contributed by atoms with Crippen molar-refractivity contribution in [3.63, 3.8) is 0 Å². The second kappa shape index (κ2) is 21.1. The Hall–Kier alpha value is -5.76. The van der Waals surface area contributed by atoms with Crippen molar-refractivity contribution in [3.8, 4) is 46.0 Å². The maximum atomic E-state index is 6.48. The predicted molar refractivity (Wildman–Crippen MR) is 233 cm³/mol. The van der Waals surface area contributed by atoms with Gasteiger partial charge in [0.2, 0.25) is 0 Å². The Morgan fingerprint density at radius 3 is 0.793 bits per heavy atom. The smallest absolute Gasteiger partial charge is 0.127 e. The van der Waals surface area contributed by atoms with Gasteiger partial charge < -0.3 is 37.9 Å². The van der Waals surface area contributed by atoms with E-state index in [-0.39, 0.29) is 0 Å². The van der Waals surface area contributed by atoms with Gasteiger partial charge >= 0.3 is 0 Å². The molecule has 1 fully saturated rings. The van der Waals surface area contributed by atoms with Crippen molar-refractivity contribution in [1.82, 2.24) is 0 Å². The standard InChI is InChI=1S/C50H60O8/c1-9-29-55-37-17-21-41(45(33-37)51-13-5)49(42-22-18-38(56-30-10-2)34-46(42)52-14-6)25-27-50(28-26-49,43-23-19-39(57-31-11-3)35-47(43)53-15-7)44-24-20-40(58-32-12-4)36-48(44)54-16-8/h9-12,17-24,33-36H,1-4,13-16,25-32H2,5-8H3. The largest absolute Gasteiger partial charge is 0.493 e. The van der Waals surface area contributed by atoms with Crippen LogP contribution in [-0.4, -0.2) is 52.9 Å². The van der Waals surface area contributed by atoms with E-state index < -0.39 is 10.8 Å². The minimum atomic E-state index is -0.552. The third-order valence-electron chi connectivity index (χ3n) is 10.5. The lowest BCUT2D eigenvalue weighted by molar-refractivity contribution is 0.224. The van der Waals surface area contributed by atoms with Gasteiger partial charge in [0.1, 0.15) is 72.4 Å². The van der Waals surface area contributed by atoms with E-state index in [1.165, 1.54) is 0 Å². The monoisotopic (exact) mass is 788 g/mol. The maximum absolute atomic E-state index is 6.48. The average Bonchev–Trinajstić information content (AvgIpc) is 3.24. The Bertz CT molecular complexity index is 1710. The fourth-order valence-corrected chi connectivity index (χ4v) is 8.14. The van der Waals surface area contributed by atoms with Crippen molar-refractivity contribution in [2.75, 3.05) is 52.9 Å². The summed E-state index contributed by atoms with van der Waals surface area (Å²) in [7, 11) is 0. The van der Waals surface area contributed by atoms with E-state index in [2.05, 4.69) is 50.6 Å². The van der Waals surface area contributed by atoms with Gasteiger partial charge in [0.15, 0.2) is 0 Å². The molecule has 0 radical (unpaired) electrons. The van der Waals surface area contributed by atoms with E-state index in [0.29, 0.717) is 102 Å². The molecular weight excluding hydrogens is 729 g/mol. The quantitative estimate of drug-likeness (QED) is 0.0650. The molecule has 4 aromatic carbocycles. The molecule has 1 saturated carbocycles. The topological polar surface area (TPSA) is 73.8 Å². The first-order valence-corrected chi connectivity index (χ1v) is 20.4. The van der Waals surface area contributed by atoms with Crippen molar-refractivity contribution >= 4 is 0 Å². The van der Waals surface area contributed by atoms with E-state index in [9.17, 15) is 0 Å². The van der Waals surface area contributed by atoms with Crippen molar-refractivity contribution in [2.24, 2.45) is 0 Å². The van der Waals surface area contributed by atoms with Crippen LogP contribution in [0.1, 0.15) is 75.6 Å². The molecular formula is C50H60O8. The van der Waals surface area contributed by atoms with Crippen molar-refractivity contribution in [2.45, 2.75) is 64.2 Å². The minimum absolute atomic E-state index is 0.387. The lowest BCUT2D eigenvalue weighted by Crippen LogP contribution is -2.42. The van der Waals surface area contributed by atoms with E-state index >= 15 is 0 Å². The molecule has 0 aliphatic heterocycles. The van der Waals surface area contributed by atoms with Gasteiger partial charge in [0.25, 0.3) is 0 Å². The lowest BCUT2D eigenvalue weighted by atomic mass is 9.54. The van der Waals surface area contributed by atoms with Crippen LogP contribution < -0.4 is 37.9 Å². The average molecular weight is 789 g/mol. The van der Waals surface area contributed by atoms with Gasteiger partial charge in [-0.25, -0.2) is 0 Å². The summed E-state index contributed by atoms with van der Waals surface area (Å²) in [6.45, 7) is 26.9. The van der Waals surface area contributed by atoms with E-state index in [0.717, 1.165) is 45.3 Å². The Balaban J connectivity index is 1.78. The molecule has 5 rings (SSSR count). The lowest BCUT2D eigenvalue weighted by Gasteiger charge is -2.49. The zero-order valence-electron chi connectivity index (χ0n) is 34.8. The third-order valence-corrected chi connectivity index (χ3v) is 10.5. The van der Waals surface area contributed by atoms with Gasteiger partial charge in [-0.05, 0) is 77.6 Å². The summed E-state index contributed by atoms with van der Waals surface area (Å²) in [6.07, 6.45) is 9.82. The Morgan fingerprint density at radius 2 is 0.603 bits per heavy atom. The molecule has 58 heavy (non-hydrogen) atoms. The SMILES string of the molecule is C=CCOc1ccc(C2(c3ccc(OCC=C)cc3OCC)CCC(c3ccc(OCC=C)cc3OCC)(c3ccc(OCC=C)cc3OCC)CC2)c(OCC)c1. The van der Waals surface area contributed by atoms with Gasteiger partial charge in [-0.2, -0.15) is 0 Å². The van der Waals surface area contributed by atoms with Crippen LogP contribution in [0.3, 0.4) is 0 Å². The summed E-state index contributed by atoms with van der Waals surface area (Å²) in [5, 5.41) is 0. The van der Waals surface area contributed by atoms with Crippen LogP contribution in [0.25, 0.3) is 0 Å². The van der Waals surface area contributed by atoms with Crippen LogP contribution in [0, 0.1) is 0 Å². The zero-order valence-corrected chi connectivity index (χ0v) is 34.8. The first-order valence-electron chi connectivity index (χ1n) is 20.4. The Kier molecular flexibility index (Phi) is 15.8. The molecule has 0 aromatic heterocycles. The van der Waals surface area contributed by atoms with Crippen LogP contribution in [0.2, 0.25) is 0 Å². The highest BCUT2D eigenvalue weighted by Gasteiger charge is 2.50. The number of hydrogen-bond donors (Lipinski definition) is 0. The molecule has 0 spiro atoms. The molecule has 0 bridgehead atoms. The van der Waals surface area contributed by atoms with Crippen LogP contribution in [0.4, 0.5) is 0 Å². The molecule has 0 amide bonds.